The van der Waals surface area contributed by atoms with Gasteiger partial charge in [0, 0.05) is 29.0 Å². The molecule has 0 radical (unpaired) electrons. The number of benzene rings is 2. The lowest BCUT2D eigenvalue weighted by molar-refractivity contribution is -0.904. The largest absolute Gasteiger partial charge is 0.487 e. The lowest BCUT2D eigenvalue weighted by Crippen LogP contribution is -2.53. The predicted molar refractivity (Wildman–Crippen MR) is 191 cm³/mol. The molecular formula is C38H39Cl2F2N4O7+. The van der Waals surface area contributed by atoms with Crippen LogP contribution in [0.3, 0.4) is 0 Å². The number of ether oxygens (including phenoxy) is 3. The smallest absolute Gasteiger partial charge is 0.416 e. The first-order valence-electron chi connectivity index (χ1n) is 17.2. The van der Waals surface area contributed by atoms with Crippen LogP contribution in [-0.4, -0.2) is 70.7 Å². The quantitative estimate of drug-likeness (QED) is 0.104. The second-order valence-corrected chi connectivity index (χ2v) is 14.2. The van der Waals surface area contributed by atoms with Crippen molar-refractivity contribution in [3.05, 3.63) is 111 Å². The van der Waals surface area contributed by atoms with Crippen LogP contribution in [0.15, 0.2) is 73.2 Å². The van der Waals surface area contributed by atoms with Crippen molar-refractivity contribution in [2.45, 2.75) is 64.4 Å². The van der Waals surface area contributed by atoms with Crippen LogP contribution in [0.25, 0.3) is 0 Å². The number of aromatic carboxylic acids is 1. The van der Waals surface area contributed by atoms with Gasteiger partial charge in [0.05, 0.1) is 18.2 Å². The minimum atomic E-state index is -3.12. The van der Waals surface area contributed by atoms with Crippen molar-refractivity contribution in [3.8, 4) is 11.5 Å². The molecular weight excluding hydrogens is 733 g/mol. The second kappa shape index (κ2) is 16.5. The molecule has 2 N–H and O–H groups in total. The van der Waals surface area contributed by atoms with Gasteiger partial charge in [-0.2, -0.15) is 8.78 Å². The van der Waals surface area contributed by atoms with E-state index in [4.69, 9.17) is 37.4 Å². The van der Waals surface area contributed by atoms with Gasteiger partial charge in [0.25, 0.3) is 0 Å². The summed E-state index contributed by atoms with van der Waals surface area (Å²) in [5, 5.41) is 20.7. The van der Waals surface area contributed by atoms with Crippen molar-refractivity contribution >= 4 is 41.1 Å². The van der Waals surface area contributed by atoms with Gasteiger partial charge in [-0.25, -0.2) is 14.6 Å². The topological polar surface area (TPSA) is 126 Å². The summed E-state index contributed by atoms with van der Waals surface area (Å²) in [6, 6.07) is 14.3. The first kappa shape index (κ1) is 38.0. The first-order chi connectivity index (χ1) is 25.4. The Kier molecular flexibility index (Phi) is 11.9. The van der Waals surface area contributed by atoms with Gasteiger partial charge >= 0.3 is 18.7 Å². The summed E-state index contributed by atoms with van der Waals surface area (Å²) in [5.41, 5.74) is 1.67. The number of carboxylic acids is 1. The van der Waals surface area contributed by atoms with Crippen LogP contribution in [0.1, 0.15) is 65.2 Å². The van der Waals surface area contributed by atoms with E-state index in [9.17, 15) is 28.7 Å². The fourth-order valence-corrected chi connectivity index (χ4v) is 7.60. The summed E-state index contributed by atoms with van der Waals surface area (Å²) in [6.45, 7) is 2.94. The molecule has 0 saturated carbocycles. The molecule has 2 atom stereocenters. The number of hydrogen-bond acceptors (Lipinski definition) is 8. The maximum Gasteiger partial charge on any atom is 0.416 e. The van der Waals surface area contributed by atoms with Crippen molar-refractivity contribution in [2.24, 2.45) is 5.92 Å². The Hall–Kier alpha value is -4.72. The van der Waals surface area contributed by atoms with Crippen LogP contribution in [0, 0.1) is 5.92 Å². The van der Waals surface area contributed by atoms with Gasteiger partial charge in [-0.1, -0.05) is 47.5 Å². The van der Waals surface area contributed by atoms with E-state index in [1.807, 2.05) is 0 Å². The molecule has 3 fully saturated rings. The number of rotatable bonds is 13. The van der Waals surface area contributed by atoms with E-state index in [0.29, 0.717) is 39.3 Å². The molecule has 53 heavy (non-hydrogen) atoms. The number of halogens is 4. The maximum absolute atomic E-state index is 13.9. The Morgan fingerprint density at radius 3 is 2.36 bits per heavy atom. The lowest BCUT2D eigenvalue weighted by atomic mass is 9.82. The van der Waals surface area contributed by atoms with Crippen molar-refractivity contribution in [2.75, 3.05) is 24.5 Å². The van der Waals surface area contributed by atoms with Gasteiger partial charge in [0.2, 0.25) is 12.4 Å². The number of carbonyl (C=O) groups excluding carboxylic acids is 1. The molecule has 0 aliphatic carbocycles. The van der Waals surface area contributed by atoms with E-state index < -0.39 is 30.7 Å². The zero-order valence-electron chi connectivity index (χ0n) is 29.0. The molecule has 0 spiro atoms. The van der Waals surface area contributed by atoms with Gasteiger partial charge in [0.15, 0.2) is 11.5 Å². The molecule has 15 heteroatoms. The highest BCUT2D eigenvalue weighted by atomic mass is 35.5. The van der Waals surface area contributed by atoms with E-state index in [0.717, 1.165) is 25.9 Å². The van der Waals surface area contributed by atoms with Gasteiger partial charge in [-0.15, -0.1) is 0 Å². The molecule has 3 saturated heterocycles. The lowest BCUT2D eigenvalue weighted by Gasteiger charge is -2.44. The highest BCUT2D eigenvalue weighted by Crippen LogP contribution is 2.40. The van der Waals surface area contributed by atoms with Crippen LogP contribution < -0.4 is 19.1 Å². The maximum atomic E-state index is 13.9. The third-order valence-electron chi connectivity index (χ3n) is 9.48. The molecule has 3 aliphatic rings. The third kappa shape index (κ3) is 9.09. The molecule has 2 bridgehead atoms. The van der Waals surface area contributed by atoms with Gasteiger partial charge in [0.1, 0.15) is 22.0 Å². The Labute approximate surface area is 315 Å². The molecule has 2 aromatic carbocycles. The van der Waals surface area contributed by atoms with Gasteiger partial charge < -0.3 is 19.3 Å². The Morgan fingerprint density at radius 1 is 1.02 bits per heavy atom. The Bertz CT molecular complexity index is 1920. The van der Waals surface area contributed by atoms with E-state index in [1.165, 1.54) is 41.6 Å². The Balaban J connectivity index is 1.43. The number of fused-ring (bicyclic) bond motifs is 3. The number of carbonyl (C=O) groups is 2. The number of hydrogen-bond donors (Lipinski definition) is 2. The van der Waals surface area contributed by atoms with Gasteiger partial charge in [-0.3, -0.25) is 15.0 Å². The van der Waals surface area contributed by atoms with E-state index >= 15 is 0 Å². The van der Waals surface area contributed by atoms with E-state index in [2.05, 4.69) is 9.88 Å². The summed E-state index contributed by atoms with van der Waals surface area (Å²) in [5.74, 6) is -1.60. The number of amides is 1. The molecule has 3 aliphatic heterocycles. The van der Waals surface area contributed by atoms with Crippen molar-refractivity contribution < 1.29 is 47.6 Å². The standard InChI is InChI=1S/C38H38Cl2F2N4O7/c1-22(2)51-33-16-25(7-9-32(33)52-37(41)42)27(17-29-30(39)19-45(50)20-31(29)40)28-15-23(6-8-26(28)36(47)48)18-46(35-5-3-4-12-43-35)38(49)53-34-21-44-13-10-24(34)11-14-44/h3-9,12,15-16,19-20,22,24,27,34,37H,10-11,13-14,17-18,21H2,1-2H3,(H-,47,48,50)/p+1/t27-,34-/m0/s1. The molecule has 5 heterocycles. The number of piperidine rings is 3. The summed E-state index contributed by atoms with van der Waals surface area (Å²) in [7, 11) is 0. The number of carboxylic acid groups (broad SMARTS) is 1. The van der Waals surface area contributed by atoms with E-state index in [1.54, 1.807) is 50.4 Å². The summed E-state index contributed by atoms with van der Waals surface area (Å²) in [4.78, 5) is 34.8. The highest BCUT2D eigenvalue weighted by Gasteiger charge is 2.38. The minimum absolute atomic E-state index is 0.0171. The molecule has 0 unspecified atom stereocenters. The SMILES string of the molecule is CC(C)Oc1cc([C@H](Cc2c(Cl)c[n+](O)cc2Cl)c2cc(CN(C(=O)O[C@H]3CN4CCC3CC4)c3ccccn3)ccc2C(=O)O)ccc1OC(F)F. The monoisotopic (exact) mass is 771 g/mol. The first-order valence-corrected chi connectivity index (χ1v) is 17.9. The number of anilines is 1. The minimum Gasteiger partial charge on any atom is -0.487 e. The number of alkyl halides is 2. The number of nitrogens with zero attached hydrogens (tertiary/aromatic N) is 4. The van der Waals surface area contributed by atoms with Crippen LogP contribution in [0.5, 0.6) is 11.5 Å². The zero-order valence-corrected chi connectivity index (χ0v) is 30.5. The van der Waals surface area contributed by atoms with Gasteiger partial charge in [-0.05, 0) is 99.1 Å². The number of pyridine rings is 2. The summed E-state index contributed by atoms with van der Waals surface area (Å²) >= 11 is 13.1. The molecule has 4 aromatic rings. The van der Waals surface area contributed by atoms with Crippen molar-refractivity contribution in [3.63, 3.8) is 0 Å². The molecule has 2 aromatic heterocycles. The third-order valence-corrected chi connectivity index (χ3v) is 10.1. The normalized spacial score (nSPS) is 18.5. The average molecular weight is 773 g/mol. The molecule has 280 valence electrons. The van der Waals surface area contributed by atoms with Crippen LogP contribution in [0.2, 0.25) is 10.0 Å². The zero-order chi connectivity index (χ0) is 37.8. The molecule has 1 amide bonds. The van der Waals surface area contributed by atoms with E-state index in [-0.39, 0.29) is 52.1 Å². The number of aromatic nitrogens is 2. The second-order valence-electron chi connectivity index (χ2n) is 13.4. The van der Waals surface area contributed by atoms with Crippen LogP contribution >= 0.6 is 23.2 Å². The summed E-state index contributed by atoms with van der Waals surface area (Å²) in [6.07, 6.45) is 4.73. The van der Waals surface area contributed by atoms with Crippen molar-refractivity contribution in [1.29, 1.82) is 0 Å². The van der Waals surface area contributed by atoms with Crippen molar-refractivity contribution in [1.82, 2.24) is 9.88 Å². The summed E-state index contributed by atoms with van der Waals surface area (Å²) < 4.78 is 44.2. The molecule has 7 rings (SSSR count). The Morgan fingerprint density at radius 2 is 1.75 bits per heavy atom. The fourth-order valence-electron chi connectivity index (χ4n) is 6.99. The fraction of sp³-hybridized carbons (Fsp3) is 0.368. The van der Waals surface area contributed by atoms with Crippen LogP contribution in [0.4, 0.5) is 19.4 Å². The highest BCUT2D eigenvalue weighted by molar-refractivity contribution is 6.35. The molecule has 11 nitrogen and oxygen atoms in total. The predicted octanol–water partition coefficient (Wildman–Crippen LogP) is 7.61. The van der Waals surface area contributed by atoms with Crippen LogP contribution in [-0.2, 0) is 17.7 Å². The average Bonchev–Trinajstić information content (AvgIpc) is 3.11.